The van der Waals surface area contributed by atoms with Gasteiger partial charge in [-0.3, -0.25) is 0 Å². The van der Waals surface area contributed by atoms with Gasteiger partial charge in [-0.1, -0.05) is 24.3 Å². The summed E-state index contributed by atoms with van der Waals surface area (Å²) in [6, 6.07) is 15.4. The van der Waals surface area contributed by atoms with Gasteiger partial charge in [-0.2, -0.15) is 10.2 Å². The van der Waals surface area contributed by atoms with Crippen LogP contribution in [-0.4, -0.2) is 34.0 Å². The minimum Gasteiger partial charge on any atom is -0.493 e. The summed E-state index contributed by atoms with van der Waals surface area (Å²) in [5, 5.41) is 13.7. The number of ether oxygens (including phenoxy) is 2. The summed E-state index contributed by atoms with van der Waals surface area (Å²) < 4.78 is 12.3. The highest BCUT2D eigenvalue weighted by Gasteiger charge is 2.10. The van der Waals surface area contributed by atoms with Crippen molar-refractivity contribution in [1.82, 2.24) is 19.7 Å². The Labute approximate surface area is 161 Å². The summed E-state index contributed by atoms with van der Waals surface area (Å²) in [5.41, 5.74) is 2.55. The quantitative estimate of drug-likeness (QED) is 0.474. The van der Waals surface area contributed by atoms with E-state index in [9.17, 15) is 0 Å². The minimum atomic E-state index is 0.388. The van der Waals surface area contributed by atoms with Crippen molar-refractivity contribution < 1.29 is 9.47 Å². The summed E-state index contributed by atoms with van der Waals surface area (Å²) in [6.07, 6.45) is 3.17. The van der Waals surface area contributed by atoms with E-state index in [4.69, 9.17) is 9.47 Å². The molecule has 0 aliphatic rings. The molecule has 0 spiro atoms. The third-order valence-corrected chi connectivity index (χ3v) is 4.21. The molecule has 140 valence electrons. The fourth-order valence-electron chi connectivity index (χ4n) is 2.83. The van der Waals surface area contributed by atoms with Gasteiger partial charge in [0.1, 0.15) is 6.33 Å². The van der Waals surface area contributed by atoms with Crippen molar-refractivity contribution in [2.24, 2.45) is 10.2 Å². The van der Waals surface area contributed by atoms with E-state index in [0.717, 1.165) is 16.6 Å². The molecule has 4 rings (SSSR count). The largest absolute Gasteiger partial charge is 0.493 e. The molecule has 8 nitrogen and oxygen atoms in total. The molecule has 8 heteroatoms. The number of para-hydroxylation sites is 1. The Morgan fingerprint density at radius 3 is 2.57 bits per heavy atom. The Hall–Kier alpha value is -3.81. The SMILES string of the molecule is COc1ccc(CN=Nc2ncnc3c2cnn3-c2ccccc2)cc1OC. The summed E-state index contributed by atoms with van der Waals surface area (Å²) >= 11 is 0. The highest BCUT2D eigenvalue weighted by molar-refractivity contribution is 5.85. The molecule has 0 saturated carbocycles. The van der Waals surface area contributed by atoms with Crippen LogP contribution in [0.1, 0.15) is 5.56 Å². The number of azo groups is 1. The molecule has 0 saturated heterocycles. The lowest BCUT2D eigenvalue weighted by Crippen LogP contribution is -1.97. The van der Waals surface area contributed by atoms with E-state index in [-0.39, 0.29) is 0 Å². The first-order valence-electron chi connectivity index (χ1n) is 8.62. The van der Waals surface area contributed by atoms with Gasteiger partial charge in [0, 0.05) is 0 Å². The Kier molecular flexibility index (Phi) is 4.92. The fourth-order valence-corrected chi connectivity index (χ4v) is 2.83. The predicted molar refractivity (Wildman–Crippen MR) is 104 cm³/mol. The maximum Gasteiger partial charge on any atom is 0.188 e. The second-order valence-electron chi connectivity index (χ2n) is 5.92. The molecule has 0 unspecified atom stereocenters. The van der Waals surface area contributed by atoms with Gasteiger partial charge in [0.25, 0.3) is 0 Å². The van der Waals surface area contributed by atoms with E-state index in [0.29, 0.717) is 29.5 Å². The van der Waals surface area contributed by atoms with Crippen LogP contribution in [0, 0.1) is 0 Å². The second-order valence-corrected chi connectivity index (χ2v) is 5.92. The zero-order valence-corrected chi connectivity index (χ0v) is 15.5. The van der Waals surface area contributed by atoms with E-state index in [1.54, 1.807) is 25.1 Å². The first-order chi connectivity index (χ1) is 13.8. The minimum absolute atomic E-state index is 0.388. The Bertz CT molecular complexity index is 1120. The smallest absolute Gasteiger partial charge is 0.188 e. The van der Waals surface area contributed by atoms with Crippen molar-refractivity contribution in [3.05, 3.63) is 66.6 Å². The number of fused-ring (bicyclic) bond motifs is 1. The van der Waals surface area contributed by atoms with E-state index >= 15 is 0 Å². The number of rotatable bonds is 6. The maximum atomic E-state index is 5.32. The summed E-state index contributed by atoms with van der Waals surface area (Å²) in [7, 11) is 3.21. The molecule has 0 bridgehead atoms. The van der Waals surface area contributed by atoms with Crippen LogP contribution in [0.15, 0.2) is 71.3 Å². The average molecular weight is 374 g/mol. The van der Waals surface area contributed by atoms with Crippen molar-refractivity contribution in [3.8, 4) is 17.2 Å². The first kappa shape index (κ1) is 17.6. The highest BCUT2D eigenvalue weighted by Crippen LogP contribution is 2.28. The molecule has 0 N–H and O–H groups in total. The van der Waals surface area contributed by atoms with Gasteiger partial charge in [-0.15, -0.1) is 5.11 Å². The highest BCUT2D eigenvalue weighted by atomic mass is 16.5. The molecule has 0 radical (unpaired) electrons. The molecule has 4 aromatic rings. The Balaban J connectivity index is 1.59. The predicted octanol–water partition coefficient (Wildman–Crippen LogP) is 4.12. The van der Waals surface area contributed by atoms with E-state index in [2.05, 4.69) is 25.3 Å². The van der Waals surface area contributed by atoms with E-state index in [1.165, 1.54) is 6.33 Å². The third-order valence-electron chi connectivity index (χ3n) is 4.21. The molecular formula is C20H18N6O2. The van der Waals surface area contributed by atoms with Crippen LogP contribution in [0.25, 0.3) is 16.7 Å². The standard InChI is InChI=1S/C20H18N6O2/c1-27-17-9-8-14(10-18(17)28-2)11-23-25-19-16-12-24-26(20(16)22-13-21-19)15-6-4-3-5-7-15/h3-10,12-13H,11H2,1-2H3. The van der Waals surface area contributed by atoms with Gasteiger partial charge in [0.05, 0.1) is 38.0 Å². The number of methoxy groups -OCH3 is 2. The Morgan fingerprint density at radius 1 is 0.964 bits per heavy atom. The topological polar surface area (TPSA) is 86.8 Å². The van der Waals surface area contributed by atoms with Crippen molar-refractivity contribution >= 4 is 16.9 Å². The van der Waals surface area contributed by atoms with Gasteiger partial charge < -0.3 is 9.47 Å². The van der Waals surface area contributed by atoms with E-state index < -0.39 is 0 Å². The van der Waals surface area contributed by atoms with Crippen molar-refractivity contribution in [2.75, 3.05) is 14.2 Å². The van der Waals surface area contributed by atoms with Crippen molar-refractivity contribution in [1.29, 1.82) is 0 Å². The van der Waals surface area contributed by atoms with Gasteiger partial charge in [0.15, 0.2) is 23.0 Å². The lowest BCUT2D eigenvalue weighted by molar-refractivity contribution is 0.354. The van der Waals surface area contributed by atoms with Crippen LogP contribution >= 0.6 is 0 Å². The lowest BCUT2D eigenvalue weighted by Gasteiger charge is -2.08. The van der Waals surface area contributed by atoms with Crippen molar-refractivity contribution in [3.63, 3.8) is 0 Å². The van der Waals surface area contributed by atoms with Crippen LogP contribution in [0.2, 0.25) is 0 Å². The van der Waals surface area contributed by atoms with Crippen LogP contribution in [0.5, 0.6) is 11.5 Å². The molecule has 0 aliphatic carbocycles. The molecule has 0 aliphatic heterocycles. The first-order valence-corrected chi connectivity index (χ1v) is 8.62. The lowest BCUT2D eigenvalue weighted by atomic mass is 10.2. The van der Waals surface area contributed by atoms with Gasteiger partial charge >= 0.3 is 0 Å². The number of nitrogens with zero attached hydrogens (tertiary/aromatic N) is 6. The molecular weight excluding hydrogens is 356 g/mol. The van der Waals surface area contributed by atoms with Gasteiger partial charge in [-0.05, 0) is 29.8 Å². The number of hydrogen-bond acceptors (Lipinski definition) is 7. The zero-order chi connectivity index (χ0) is 19.3. The molecule has 2 heterocycles. The summed E-state index contributed by atoms with van der Waals surface area (Å²) in [4.78, 5) is 8.58. The van der Waals surface area contributed by atoms with E-state index in [1.807, 2.05) is 48.5 Å². The van der Waals surface area contributed by atoms with Crippen LogP contribution in [-0.2, 0) is 6.54 Å². The summed E-state index contributed by atoms with van der Waals surface area (Å²) in [5.74, 6) is 1.81. The number of benzene rings is 2. The molecule has 28 heavy (non-hydrogen) atoms. The number of aromatic nitrogens is 4. The van der Waals surface area contributed by atoms with Crippen LogP contribution in [0.3, 0.4) is 0 Å². The third kappa shape index (κ3) is 3.39. The van der Waals surface area contributed by atoms with Gasteiger partial charge in [0.2, 0.25) is 0 Å². The average Bonchev–Trinajstić information content (AvgIpc) is 3.19. The molecule has 2 aromatic heterocycles. The summed E-state index contributed by atoms with van der Waals surface area (Å²) in [6.45, 7) is 0.388. The normalized spacial score (nSPS) is 11.2. The number of hydrogen-bond donors (Lipinski definition) is 0. The molecule has 0 atom stereocenters. The molecule has 0 amide bonds. The Morgan fingerprint density at radius 2 is 1.79 bits per heavy atom. The monoisotopic (exact) mass is 374 g/mol. The van der Waals surface area contributed by atoms with Gasteiger partial charge in [-0.25, -0.2) is 14.6 Å². The van der Waals surface area contributed by atoms with Crippen molar-refractivity contribution in [2.45, 2.75) is 6.54 Å². The zero-order valence-electron chi connectivity index (χ0n) is 15.5. The van der Waals surface area contributed by atoms with Crippen LogP contribution < -0.4 is 9.47 Å². The maximum absolute atomic E-state index is 5.32. The molecule has 0 fully saturated rings. The van der Waals surface area contributed by atoms with Crippen LogP contribution in [0.4, 0.5) is 5.82 Å². The fraction of sp³-hybridized carbons (Fsp3) is 0.150. The second kappa shape index (κ2) is 7.83. The molecule has 2 aromatic carbocycles.